The van der Waals surface area contributed by atoms with E-state index in [1.165, 1.54) is 0 Å². The number of nitrogens with one attached hydrogen (secondary N) is 3. The van der Waals surface area contributed by atoms with Gasteiger partial charge in [0.25, 0.3) is 0 Å². The molecule has 3 amide bonds. The van der Waals surface area contributed by atoms with E-state index in [-0.39, 0.29) is 24.0 Å². The molecule has 27 heavy (non-hydrogen) atoms. The first-order valence-electron chi connectivity index (χ1n) is 9.65. The first-order chi connectivity index (χ1) is 13.1. The molecule has 0 radical (unpaired) electrons. The van der Waals surface area contributed by atoms with Gasteiger partial charge in [-0.1, -0.05) is 61.4 Å². The minimum absolute atomic E-state index is 0.0441. The van der Waals surface area contributed by atoms with E-state index < -0.39 is 0 Å². The highest BCUT2D eigenvalue weighted by Crippen LogP contribution is 2.27. The highest BCUT2D eigenvalue weighted by Gasteiger charge is 2.26. The van der Waals surface area contributed by atoms with Crippen LogP contribution in [0, 0.1) is 0 Å². The second kappa shape index (κ2) is 9.21. The van der Waals surface area contributed by atoms with Crippen molar-refractivity contribution < 1.29 is 9.59 Å². The zero-order chi connectivity index (χ0) is 19.1. The summed E-state index contributed by atoms with van der Waals surface area (Å²) >= 11 is 0. The van der Waals surface area contributed by atoms with Crippen LogP contribution in [0.15, 0.2) is 54.6 Å². The number of carbonyl (C=O) groups excluding carboxylic acids is 2. The Morgan fingerprint density at radius 1 is 0.963 bits per heavy atom. The Morgan fingerprint density at radius 2 is 1.70 bits per heavy atom. The van der Waals surface area contributed by atoms with E-state index >= 15 is 0 Å². The molecule has 0 spiro atoms. The summed E-state index contributed by atoms with van der Waals surface area (Å²) < 4.78 is 0. The van der Waals surface area contributed by atoms with E-state index in [2.05, 4.69) is 16.0 Å². The number of hydrogen-bond donors (Lipinski definition) is 3. The smallest absolute Gasteiger partial charge is 0.315 e. The Kier molecular flexibility index (Phi) is 6.47. The van der Waals surface area contributed by atoms with E-state index in [0.29, 0.717) is 6.42 Å². The van der Waals surface area contributed by atoms with Gasteiger partial charge in [0, 0.05) is 23.7 Å². The SMILES string of the molecule is C[C@H]1NC(=O)N[C@@H]1CCCCCC(=O)Nc1ccccc1-c1ccccc1. The zero-order valence-electron chi connectivity index (χ0n) is 15.7. The van der Waals surface area contributed by atoms with Crippen molar-refractivity contribution in [3.05, 3.63) is 54.6 Å². The van der Waals surface area contributed by atoms with Crippen molar-refractivity contribution in [1.82, 2.24) is 10.6 Å². The molecule has 1 saturated heterocycles. The Morgan fingerprint density at radius 3 is 2.44 bits per heavy atom. The van der Waals surface area contributed by atoms with Crippen molar-refractivity contribution in [2.75, 3.05) is 5.32 Å². The van der Waals surface area contributed by atoms with E-state index in [0.717, 1.165) is 42.5 Å². The molecule has 5 heteroatoms. The first-order valence-corrected chi connectivity index (χ1v) is 9.65. The van der Waals surface area contributed by atoms with Crippen LogP contribution in [0.5, 0.6) is 0 Å². The molecule has 0 saturated carbocycles. The van der Waals surface area contributed by atoms with Gasteiger partial charge in [-0.3, -0.25) is 4.79 Å². The predicted octanol–water partition coefficient (Wildman–Crippen LogP) is 4.31. The lowest BCUT2D eigenvalue weighted by Crippen LogP contribution is -2.30. The van der Waals surface area contributed by atoms with Crippen LogP contribution in [0.4, 0.5) is 10.5 Å². The number of rotatable bonds is 8. The van der Waals surface area contributed by atoms with Crippen LogP contribution in [0.3, 0.4) is 0 Å². The Bertz CT molecular complexity index is 776. The number of para-hydroxylation sites is 1. The summed E-state index contributed by atoms with van der Waals surface area (Å²) in [6.07, 6.45) is 4.28. The van der Waals surface area contributed by atoms with Crippen LogP contribution in [-0.2, 0) is 4.79 Å². The molecule has 142 valence electrons. The maximum absolute atomic E-state index is 12.3. The molecule has 1 heterocycles. The minimum Gasteiger partial charge on any atom is -0.334 e. The third-order valence-electron chi connectivity index (χ3n) is 4.98. The molecule has 2 atom stereocenters. The van der Waals surface area contributed by atoms with E-state index in [1.807, 2.05) is 61.5 Å². The molecule has 5 nitrogen and oxygen atoms in total. The van der Waals surface area contributed by atoms with Crippen molar-refractivity contribution >= 4 is 17.6 Å². The summed E-state index contributed by atoms with van der Waals surface area (Å²) in [5, 5.41) is 8.83. The average molecular weight is 365 g/mol. The van der Waals surface area contributed by atoms with Gasteiger partial charge in [-0.2, -0.15) is 0 Å². The third-order valence-corrected chi connectivity index (χ3v) is 4.98. The summed E-state index contributed by atoms with van der Waals surface area (Å²) in [6, 6.07) is 18.2. The molecule has 0 aliphatic carbocycles. The van der Waals surface area contributed by atoms with Gasteiger partial charge in [-0.25, -0.2) is 4.79 Å². The summed E-state index contributed by atoms with van der Waals surface area (Å²) in [5.41, 5.74) is 2.97. The van der Waals surface area contributed by atoms with E-state index in [1.54, 1.807) is 0 Å². The fourth-order valence-electron chi connectivity index (χ4n) is 3.47. The quantitative estimate of drug-likeness (QED) is 0.610. The standard InChI is InChI=1S/C22H27N3O2/c1-16-19(25-22(27)23-16)13-6-3-7-15-21(26)24-20-14-9-8-12-18(20)17-10-4-2-5-11-17/h2,4-5,8-12,14,16,19H,3,6-7,13,15H2,1H3,(H,24,26)(H2,23,25,27)/t16-,19-/m1/s1. The van der Waals surface area contributed by atoms with Crippen LogP contribution in [0.1, 0.15) is 39.0 Å². The molecule has 1 aliphatic rings. The van der Waals surface area contributed by atoms with Crippen LogP contribution in [0.25, 0.3) is 11.1 Å². The molecule has 0 aromatic heterocycles. The van der Waals surface area contributed by atoms with Gasteiger partial charge in [-0.15, -0.1) is 0 Å². The number of carbonyl (C=O) groups is 2. The summed E-state index contributed by atoms with van der Waals surface area (Å²) in [6.45, 7) is 2.01. The van der Waals surface area contributed by atoms with Gasteiger partial charge in [0.05, 0.1) is 6.04 Å². The monoisotopic (exact) mass is 365 g/mol. The fourth-order valence-corrected chi connectivity index (χ4v) is 3.47. The number of urea groups is 1. The Labute approximate surface area is 160 Å². The molecular formula is C22H27N3O2. The van der Waals surface area contributed by atoms with Gasteiger partial charge in [-0.05, 0) is 31.4 Å². The second-order valence-electron chi connectivity index (χ2n) is 7.07. The van der Waals surface area contributed by atoms with E-state index in [4.69, 9.17) is 0 Å². The largest absolute Gasteiger partial charge is 0.334 e. The highest BCUT2D eigenvalue weighted by molar-refractivity contribution is 5.95. The number of hydrogen-bond acceptors (Lipinski definition) is 2. The maximum atomic E-state index is 12.3. The van der Waals surface area contributed by atoms with Gasteiger partial charge in [0.1, 0.15) is 0 Å². The normalized spacial score (nSPS) is 18.6. The van der Waals surface area contributed by atoms with Gasteiger partial charge in [0.15, 0.2) is 0 Å². The van der Waals surface area contributed by atoms with Crippen molar-refractivity contribution in [2.24, 2.45) is 0 Å². The molecular weight excluding hydrogens is 338 g/mol. The molecule has 2 aromatic carbocycles. The number of unbranched alkanes of at least 4 members (excludes halogenated alkanes) is 2. The van der Waals surface area contributed by atoms with E-state index in [9.17, 15) is 9.59 Å². The number of benzene rings is 2. The van der Waals surface area contributed by atoms with Crippen LogP contribution >= 0.6 is 0 Å². The average Bonchev–Trinajstić information content (AvgIpc) is 3.00. The molecule has 0 unspecified atom stereocenters. The maximum Gasteiger partial charge on any atom is 0.315 e. The molecule has 2 aromatic rings. The molecule has 0 bridgehead atoms. The van der Waals surface area contributed by atoms with Crippen molar-refractivity contribution in [3.8, 4) is 11.1 Å². The van der Waals surface area contributed by atoms with Crippen molar-refractivity contribution in [2.45, 2.75) is 51.1 Å². The van der Waals surface area contributed by atoms with Gasteiger partial charge < -0.3 is 16.0 Å². The first kappa shape index (κ1) is 19.0. The fraction of sp³-hybridized carbons (Fsp3) is 0.364. The summed E-state index contributed by atoms with van der Waals surface area (Å²) in [7, 11) is 0. The van der Waals surface area contributed by atoms with Gasteiger partial charge in [0.2, 0.25) is 5.91 Å². The lowest BCUT2D eigenvalue weighted by molar-refractivity contribution is -0.116. The van der Waals surface area contributed by atoms with Crippen LogP contribution in [-0.4, -0.2) is 24.0 Å². The number of amides is 3. The lowest BCUT2D eigenvalue weighted by Gasteiger charge is -2.14. The van der Waals surface area contributed by atoms with Crippen LogP contribution < -0.4 is 16.0 Å². The molecule has 1 aliphatic heterocycles. The topological polar surface area (TPSA) is 70.2 Å². The lowest BCUT2D eigenvalue weighted by atomic mass is 10.0. The van der Waals surface area contributed by atoms with Gasteiger partial charge >= 0.3 is 6.03 Å². The Balaban J connectivity index is 1.43. The molecule has 3 N–H and O–H groups in total. The summed E-state index contributed by atoms with van der Waals surface area (Å²) in [5.74, 6) is 0.0441. The Hall–Kier alpha value is -2.82. The molecule has 3 rings (SSSR count). The summed E-state index contributed by atoms with van der Waals surface area (Å²) in [4.78, 5) is 23.6. The number of anilines is 1. The zero-order valence-corrected chi connectivity index (χ0v) is 15.7. The second-order valence-corrected chi connectivity index (χ2v) is 7.07. The van der Waals surface area contributed by atoms with Crippen LogP contribution in [0.2, 0.25) is 0 Å². The molecule has 1 fully saturated rings. The predicted molar refractivity (Wildman–Crippen MR) is 109 cm³/mol. The minimum atomic E-state index is -0.0797. The highest BCUT2D eigenvalue weighted by atomic mass is 16.2. The van der Waals surface area contributed by atoms with Crippen molar-refractivity contribution in [3.63, 3.8) is 0 Å². The van der Waals surface area contributed by atoms with Crippen molar-refractivity contribution in [1.29, 1.82) is 0 Å². The third kappa shape index (κ3) is 5.33.